The molecule has 12 heavy (non-hydrogen) atoms. The van der Waals surface area contributed by atoms with Gasteiger partial charge in [-0.05, 0) is 43.9 Å². The summed E-state index contributed by atoms with van der Waals surface area (Å²) in [6.07, 6.45) is 3.28. The summed E-state index contributed by atoms with van der Waals surface area (Å²) in [5.41, 5.74) is 0. The van der Waals surface area contributed by atoms with Crippen LogP contribution in [0.1, 0.15) is 26.2 Å². The van der Waals surface area contributed by atoms with Crippen LogP contribution in [-0.4, -0.2) is 36.3 Å². The highest BCUT2D eigenvalue weighted by Crippen LogP contribution is 1.99. The van der Waals surface area contributed by atoms with Crippen LogP contribution in [0.2, 0.25) is 0 Å². The van der Waals surface area contributed by atoms with Crippen molar-refractivity contribution < 1.29 is 5.11 Å². The Balaban J connectivity index is 2.73. The van der Waals surface area contributed by atoms with E-state index < -0.39 is 0 Å². The molecule has 0 aliphatic carbocycles. The molecular formula is C9H21NOS. The predicted octanol–water partition coefficient (Wildman–Crippen LogP) is 1.49. The highest BCUT2D eigenvalue weighted by atomic mass is 32.2. The predicted molar refractivity (Wildman–Crippen MR) is 56.8 cm³/mol. The number of aliphatic hydroxyl groups is 1. The summed E-state index contributed by atoms with van der Waals surface area (Å²) in [4.78, 5) is 0. The van der Waals surface area contributed by atoms with Crippen LogP contribution in [0.3, 0.4) is 0 Å². The fraction of sp³-hybridized carbons (Fsp3) is 1.00. The Hall–Kier alpha value is 0.270. The Bertz CT molecular complexity index is 70.9. The van der Waals surface area contributed by atoms with Crippen LogP contribution in [0.4, 0.5) is 0 Å². The first kappa shape index (κ1) is 12.3. The maximum absolute atomic E-state index is 8.51. The summed E-state index contributed by atoms with van der Waals surface area (Å²) < 4.78 is 0. The quantitative estimate of drug-likeness (QED) is 0.542. The number of nitrogens with one attached hydrogen (secondary N) is 1. The fourth-order valence-electron chi connectivity index (χ4n) is 0.930. The first-order valence-electron chi connectivity index (χ1n) is 4.81. The SMILES string of the molecule is CCSCCCNCCCCO. The van der Waals surface area contributed by atoms with Gasteiger partial charge in [0.05, 0.1) is 0 Å². The second kappa shape index (κ2) is 11.3. The van der Waals surface area contributed by atoms with Crippen molar-refractivity contribution in [2.45, 2.75) is 26.2 Å². The van der Waals surface area contributed by atoms with Crippen LogP contribution in [0.25, 0.3) is 0 Å². The van der Waals surface area contributed by atoms with E-state index in [0.717, 1.165) is 25.9 Å². The minimum Gasteiger partial charge on any atom is -0.396 e. The minimum atomic E-state index is 0.327. The van der Waals surface area contributed by atoms with E-state index in [2.05, 4.69) is 12.2 Å². The molecule has 0 aliphatic heterocycles. The third-order valence-corrected chi connectivity index (χ3v) is 2.59. The molecule has 74 valence electrons. The van der Waals surface area contributed by atoms with Crippen molar-refractivity contribution in [2.24, 2.45) is 0 Å². The molecule has 0 amide bonds. The van der Waals surface area contributed by atoms with Crippen molar-refractivity contribution in [1.29, 1.82) is 0 Å². The van der Waals surface area contributed by atoms with Gasteiger partial charge in [0.25, 0.3) is 0 Å². The maximum Gasteiger partial charge on any atom is 0.0431 e. The van der Waals surface area contributed by atoms with Crippen molar-refractivity contribution in [1.82, 2.24) is 5.32 Å². The van der Waals surface area contributed by atoms with E-state index in [1.54, 1.807) is 0 Å². The maximum atomic E-state index is 8.51. The van der Waals surface area contributed by atoms with E-state index in [-0.39, 0.29) is 0 Å². The third kappa shape index (κ3) is 10.3. The van der Waals surface area contributed by atoms with Gasteiger partial charge in [-0.25, -0.2) is 0 Å². The van der Waals surface area contributed by atoms with Crippen LogP contribution >= 0.6 is 11.8 Å². The molecule has 0 heterocycles. The molecule has 2 nitrogen and oxygen atoms in total. The molecule has 0 aromatic heterocycles. The van der Waals surface area contributed by atoms with Gasteiger partial charge in [0.15, 0.2) is 0 Å². The number of aliphatic hydroxyl groups excluding tert-OH is 1. The zero-order valence-electron chi connectivity index (χ0n) is 8.01. The van der Waals surface area contributed by atoms with Gasteiger partial charge in [-0.15, -0.1) is 0 Å². The number of thioether (sulfide) groups is 1. The van der Waals surface area contributed by atoms with Gasteiger partial charge in [0, 0.05) is 6.61 Å². The molecule has 0 saturated heterocycles. The van der Waals surface area contributed by atoms with E-state index >= 15 is 0 Å². The molecule has 0 bridgehead atoms. The monoisotopic (exact) mass is 191 g/mol. The highest BCUT2D eigenvalue weighted by molar-refractivity contribution is 7.99. The van der Waals surface area contributed by atoms with Gasteiger partial charge < -0.3 is 10.4 Å². The van der Waals surface area contributed by atoms with Crippen molar-refractivity contribution in [3.63, 3.8) is 0 Å². The molecule has 0 spiro atoms. The Kier molecular flexibility index (Phi) is 11.5. The van der Waals surface area contributed by atoms with Crippen LogP contribution in [0, 0.1) is 0 Å². The summed E-state index contributed by atoms with van der Waals surface area (Å²) in [7, 11) is 0. The van der Waals surface area contributed by atoms with Crippen molar-refractivity contribution in [3.8, 4) is 0 Å². The van der Waals surface area contributed by atoms with E-state index in [9.17, 15) is 0 Å². The van der Waals surface area contributed by atoms with Gasteiger partial charge in [-0.3, -0.25) is 0 Å². The summed E-state index contributed by atoms with van der Waals surface area (Å²) in [5.74, 6) is 2.49. The van der Waals surface area contributed by atoms with Crippen LogP contribution in [-0.2, 0) is 0 Å². The summed E-state index contributed by atoms with van der Waals surface area (Å²) in [6.45, 7) is 4.70. The molecule has 2 N–H and O–H groups in total. The second-order valence-corrected chi connectivity index (χ2v) is 4.13. The van der Waals surface area contributed by atoms with Gasteiger partial charge >= 0.3 is 0 Å². The summed E-state index contributed by atoms with van der Waals surface area (Å²) >= 11 is 2.00. The van der Waals surface area contributed by atoms with Gasteiger partial charge in [0.1, 0.15) is 0 Å². The normalized spacial score (nSPS) is 10.5. The van der Waals surface area contributed by atoms with E-state index in [4.69, 9.17) is 5.11 Å². The summed E-state index contributed by atoms with van der Waals surface area (Å²) in [5, 5.41) is 11.9. The van der Waals surface area contributed by atoms with Gasteiger partial charge in [-0.2, -0.15) is 11.8 Å². The molecule has 0 atom stereocenters. The van der Waals surface area contributed by atoms with Crippen molar-refractivity contribution in [3.05, 3.63) is 0 Å². The zero-order chi connectivity index (χ0) is 9.07. The Labute approximate surface area is 80.1 Å². The van der Waals surface area contributed by atoms with Crippen LogP contribution in [0.5, 0.6) is 0 Å². The molecule has 0 aromatic rings. The molecule has 3 heteroatoms. The van der Waals surface area contributed by atoms with Crippen LogP contribution < -0.4 is 5.32 Å². The lowest BCUT2D eigenvalue weighted by atomic mass is 10.3. The molecule has 0 fully saturated rings. The molecule has 0 rings (SSSR count). The third-order valence-electron chi connectivity index (χ3n) is 1.61. The molecule has 0 aliphatic rings. The number of rotatable bonds is 9. The lowest BCUT2D eigenvalue weighted by Gasteiger charge is -2.02. The topological polar surface area (TPSA) is 32.3 Å². The Morgan fingerprint density at radius 1 is 1.17 bits per heavy atom. The minimum absolute atomic E-state index is 0.327. The molecular weight excluding hydrogens is 170 g/mol. The smallest absolute Gasteiger partial charge is 0.0431 e. The molecule has 0 aromatic carbocycles. The molecule has 0 radical (unpaired) electrons. The Morgan fingerprint density at radius 3 is 2.58 bits per heavy atom. The lowest BCUT2D eigenvalue weighted by Crippen LogP contribution is -2.17. The van der Waals surface area contributed by atoms with Crippen molar-refractivity contribution >= 4 is 11.8 Å². The van der Waals surface area contributed by atoms with Crippen molar-refractivity contribution in [2.75, 3.05) is 31.2 Å². The zero-order valence-corrected chi connectivity index (χ0v) is 8.83. The fourth-order valence-corrected chi connectivity index (χ4v) is 1.57. The average Bonchev–Trinajstić information content (AvgIpc) is 2.10. The lowest BCUT2D eigenvalue weighted by molar-refractivity contribution is 0.284. The van der Waals surface area contributed by atoms with E-state index in [0.29, 0.717) is 6.61 Å². The second-order valence-electron chi connectivity index (χ2n) is 2.73. The number of unbranched alkanes of at least 4 members (excludes halogenated alkanes) is 1. The first-order chi connectivity index (χ1) is 5.91. The van der Waals surface area contributed by atoms with E-state index in [1.165, 1.54) is 17.9 Å². The largest absolute Gasteiger partial charge is 0.396 e. The van der Waals surface area contributed by atoms with Crippen LogP contribution in [0.15, 0.2) is 0 Å². The highest BCUT2D eigenvalue weighted by Gasteiger charge is 1.88. The number of hydrogen-bond acceptors (Lipinski definition) is 3. The van der Waals surface area contributed by atoms with E-state index in [1.807, 2.05) is 11.8 Å². The first-order valence-corrected chi connectivity index (χ1v) is 5.96. The molecule has 0 unspecified atom stereocenters. The van der Waals surface area contributed by atoms with Gasteiger partial charge in [0.2, 0.25) is 0 Å². The Morgan fingerprint density at radius 2 is 1.92 bits per heavy atom. The number of hydrogen-bond donors (Lipinski definition) is 2. The molecule has 0 saturated carbocycles. The summed E-state index contributed by atoms with van der Waals surface area (Å²) in [6, 6.07) is 0. The average molecular weight is 191 g/mol. The van der Waals surface area contributed by atoms with Gasteiger partial charge in [-0.1, -0.05) is 6.92 Å². The standard InChI is InChI=1S/C9H21NOS/c1-2-12-9-5-7-10-6-3-4-8-11/h10-11H,2-9H2,1H3.